The number of hydrogen-bond donors (Lipinski definition) is 1. The lowest BCUT2D eigenvalue weighted by Crippen LogP contribution is -2.25. The zero-order chi connectivity index (χ0) is 18.6. The Morgan fingerprint density at radius 2 is 1.36 bits per heavy atom. The number of hydrogen-bond acceptors (Lipinski definition) is 5. The first-order chi connectivity index (χ1) is 12.2. The predicted octanol–water partition coefficient (Wildman–Crippen LogP) is 2.74. The second-order valence-electron chi connectivity index (χ2n) is 6.46. The molecule has 0 aromatic rings. The summed E-state index contributed by atoms with van der Waals surface area (Å²) in [6, 6.07) is 0. The predicted molar refractivity (Wildman–Crippen MR) is 103 cm³/mol. The van der Waals surface area contributed by atoms with E-state index in [-0.39, 0.29) is 0 Å². The lowest BCUT2D eigenvalue weighted by Gasteiger charge is -2.11. The van der Waals surface area contributed by atoms with Gasteiger partial charge in [0.05, 0.1) is 46.2 Å². The van der Waals surface area contributed by atoms with E-state index in [4.69, 9.17) is 18.9 Å². The first-order valence-corrected chi connectivity index (χ1v) is 9.66. The average molecular weight is 358 g/mol. The molecule has 0 rings (SSSR count). The maximum absolute atomic E-state index is 5.51. The zero-order valence-corrected chi connectivity index (χ0v) is 16.8. The lowest BCUT2D eigenvalue weighted by atomic mass is 10.1. The molecule has 0 spiro atoms. The third-order valence-corrected chi connectivity index (χ3v) is 3.38. The van der Waals surface area contributed by atoms with Crippen LogP contribution in [0.25, 0.3) is 0 Å². The van der Waals surface area contributed by atoms with Crippen molar-refractivity contribution in [1.29, 1.82) is 0 Å². The number of nitrogens with one attached hydrogen (secondary N) is 1. The molecule has 0 fully saturated rings. The van der Waals surface area contributed by atoms with Gasteiger partial charge in [0.15, 0.2) is 0 Å². The van der Waals surface area contributed by atoms with Gasteiger partial charge in [-0.2, -0.15) is 0 Å². The van der Waals surface area contributed by atoms with E-state index in [1.54, 1.807) is 0 Å². The van der Waals surface area contributed by atoms with Crippen molar-refractivity contribution in [2.45, 2.75) is 40.5 Å². The van der Waals surface area contributed by atoms with E-state index in [1.165, 1.54) is 12.8 Å². The Hall–Kier alpha value is -0.640. The van der Waals surface area contributed by atoms with Crippen molar-refractivity contribution in [2.75, 3.05) is 65.9 Å². The molecule has 0 saturated heterocycles. The molecule has 0 aromatic heterocycles. The molecule has 0 radical (unpaired) electrons. The van der Waals surface area contributed by atoms with Crippen LogP contribution in [0.1, 0.15) is 40.5 Å². The van der Waals surface area contributed by atoms with Crippen molar-refractivity contribution in [1.82, 2.24) is 5.32 Å². The van der Waals surface area contributed by atoms with Crippen LogP contribution in [-0.2, 0) is 18.9 Å². The Bertz CT molecular complexity index is 325. The van der Waals surface area contributed by atoms with Gasteiger partial charge in [0, 0.05) is 12.5 Å². The third kappa shape index (κ3) is 21.3. The molecule has 1 unspecified atom stereocenters. The van der Waals surface area contributed by atoms with Gasteiger partial charge in [0.2, 0.25) is 0 Å². The number of ether oxygens (including phenoxy) is 4. The van der Waals surface area contributed by atoms with E-state index in [2.05, 4.69) is 44.9 Å². The maximum atomic E-state index is 5.51. The highest BCUT2D eigenvalue weighted by molar-refractivity contribution is 5.01. The molecular weight excluding hydrogens is 318 g/mol. The van der Waals surface area contributed by atoms with E-state index in [0.29, 0.717) is 52.2 Å². The Kier molecular flexibility index (Phi) is 19.2. The first-order valence-electron chi connectivity index (χ1n) is 9.66. The topological polar surface area (TPSA) is 49.0 Å². The van der Waals surface area contributed by atoms with Gasteiger partial charge in [-0.1, -0.05) is 46.0 Å². The molecule has 1 atom stereocenters. The third-order valence-electron chi connectivity index (χ3n) is 3.38. The minimum atomic E-state index is 0.395. The van der Waals surface area contributed by atoms with Crippen molar-refractivity contribution in [3.8, 4) is 11.8 Å². The quantitative estimate of drug-likeness (QED) is 0.320. The minimum absolute atomic E-state index is 0.395. The Balaban J connectivity index is 3.09. The molecule has 5 nitrogen and oxygen atoms in total. The maximum Gasteiger partial charge on any atom is 0.107 e. The summed E-state index contributed by atoms with van der Waals surface area (Å²) in [7, 11) is 0. The molecule has 5 heteroatoms. The van der Waals surface area contributed by atoms with Crippen LogP contribution in [0, 0.1) is 23.7 Å². The molecule has 0 saturated carbocycles. The van der Waals surface area contributed by atoms with Crippen molar-refractivity contribution in [2.24, 2.45) is 11.8 Å². The van der Waals surface area contributed by atoms with Crippen LogP contribution in [0.5, 0.6) is 0 Å². The van der Waals surface area contributed by atoms with Gasteiger partial charge in [-0.3, -0.25) is 0 Å². The highest BCUT2D eigenvalue weighted by atomic mass is 16.6. The van der Waals surface area contributed by atoms with Crippen LogP contribution in [0.2, 0.25) is 0 Å². The standard InChI is InChI=1S/C20H39NO4/c1-5-7-20(4)18-21-9-11-23-13-15-25-17-16-24-14-12-22-10-6-8-19(2)3/h19-21H,5,7,9-18H2,1-4H3. The van der Waals surface area contributed by atoms with Crippen LogP contribution in [-0.4, -0.2) is 65.9 Å². The normalized spacial score (nSPS) is 12.2. The molecule has 0 amide bonds. The molecule has 148 valence electrons. The van der Waals surface area contributed by atoms with E-state index in [1.807, 2.05) is 0 Å². The largest absolute Gasteiger partial charge is 0.378 e. The highest BCUT2D eigenvalue weighted by Crippen LogP contribution is 2.02. The number of rotatable bonds is 17. The second-order valence-corrected chi connectivity index (χ2v) is 6.46. The first kappa shape index (κ1) is 24.4. The lowest BCUT2D eigenvalue weighted by molar-refractivity contribution is 0.00166. The van der Waals surface area contributed by atoms with Gasteiger partial charge >= 0.3 is 0 Å². The fourth-order valence-corrected chi connectivity index (χ4v) is 2.12. The summed E-state index contributed by atoms with van der Waals surface area (Å²) in [5.74, 6) is 7.16. The van der Waals surface area contributed by atoms with Crippen LogP contribution in [0.15, 0.2) is 0 Å². The van der Waals surface area contributed by atoms with Gasteiger partial charge in [0.1, 0.15) is 6.61 Å². The van der Waals surface area contributed by atoms with Crippen LogP contribution in [0.3, 0.4) is 0 Å². The molecule has 25 heavy (non-hydrogen) atoms. The van der Waals surface area contributed by atoms with Gasteiger partial charge in [0.25, 0.3) is 0 Å². The Morgan fingerprint density at radius 1 is 0.800 bits per heavy atom. The molecule has 0 aliphatic heterocycles. The molecule has 0 aliphatic carbocycles. The van der Waals surface area contributed by atoms with E-state index in [9.17, 15) is 0 Å². The van der Waals surface area contributed by atoms with Crippen molar-refractivity contribution >= 4 is 0 Å². The fraction of sp³-hybridized carbons (Fsp3) is 0.900. The molecule has 0 aliphatic rings. The van der Waals surface area contributed by atoms with Crippen molar-refractivity contribution in [3.05, 3.63) is 0 Å². The zero-order valence-electron chi connectivity index (χ0n) is 16.8. The van der Waals surface area contributed by atoms with E-state index < -0.39 is 0 Å². The summed E-state index contributed by atoms with van der Waals surface area (Å²) in [4.78, 5) is 0. The summed E-state index contributed by atoms with van der Waals surface area (Å²) >= 11 is 0. The van der Waals surface area contributed by atoms with Crippen LogP contribution in [0.4, 0.5) is 0 Å². The van der Waals surface area contributed by atoms with Crippen LogP contribution < -0.4 is 5.32 Å². The highest BCUT2D eigenvalue weighted by Gasteiger charge is 1.99. The van der Waals surface area contributed by atoms with Gasteiger partial charge in [-0.15, -0.1) is 0 Å². The fourth-order valence-electron chi connectivity index (χ4n) is 2.12. The Labute approximate surface area is 155 Å². The molecule has 0 aromatic carbocycles. The second kappa shape index (κ2) is 19.7. The van der Waals surface area contributed by atoms with Crippen molar-refractivity contribution < 1.29 is 18.9 Å². The van der Waals surface area contributed by atoms with Gasteiger partial charge in [-0.25, -0.2) is 0 Å². The molecular formula is C20H39NO4. The summed E-state index contributed by atoms with van der Waals surface area (Å²) in [5.41, 5.74) is 0. The SMILES string of the molecule is CCCC(C)CNCCOCCOCCOCCOCC#CC(C)C. The molecule has 1 N–H and O–H groups in total. The minimum Gasteiger partial charge on any atom is -0.378 e. The summed E-state index contributed by atoms with van der Waals surface area (Å²) in [5, 5.41) is 3.41. The summed E-state index contributed by atoms with van der Waals surface area (Å²) < 4.78 is 21.7. The molecule has 0 heterocycles. The van der Waals surface area contributed by atoms with E-state index >= 15 is 0 Å². The molecule has 0 bridgehead atoms. The van der Waals surface area contributed by atoms with Gasteiger partial charge < -0.3 is 24.3 Å². The van der Waals surface area contributed by atoms with E-state index in [0.717, 1.165) is 25.6 Å². The summed E-state index contributed by atoms with van der Waals surface area (Å²) in [6.07, 6.45) is 2.53. The monoisotopic (exact) mass is 357 g/mol. The van der Waals surface area contributed by atoms with Crippen LogP contribution >= 0.6 is 0 Å². The average Bonchev–Trinajstić information content (AvgIpc) is 2.57. The summed E-state index contributed by atoms with van der Waals surface area (Å²) in [6.45, 7) is 15.4. The van der Waals surface area contributed by atoms with Crippen molar-refractivity contribution in [3.63, 3.8) is 0 Å². The smallest absolute Gasteiger partial charge is 0.107 e. The Morgan fingerprint density at radius 3 is 1.92 bits per heavy atom. The van der Waals surface area contributed by atoms with Gasteiger partial charge in [-0.05, 0) is 18.9 Å².